The molecule has 0 aliphatic carbocycles. The van der Waals surface area contributed by atoms with Gasteiger partial charge < -0.3 is 19.5 Å². The van der Waals surface area contributed by atoms with Crippen molar-refractivity contribution in [1.82, 2.24) is 10.2 Å². The minimum absolute atomic E-state index is 0.795. The maximum absolute atomic E-state index is 5.52. The molecule has 1 aromatic rings. The number of nitrogens with one attached hydrogen (secondary N) is 1. The molecule has 0 bridgehead atoms. The Morgan fingerprint density at radius 2 is 2.09 bits per heavy atom. The van der Waals surface area contributed by atoms with Crippen molar-refractivity contribution in [3.63, 3.8) is 0 Å². The molecular formula is C18H30N2O3. The lowest BCUT2D eigenvalue weighted by atomic mass is 10.1. The molecule has 5 heteroatoms. The molecule has 0 saturated carbocycles. The van der Waals surface area contributed by atoms with E-state index in [-0.39, 0.29) is 0 Å². The summed E-state index contributed by atoms with van der Waals surface area (Å²) in [5.41, 5.74) is 2.55. The Bertz CT molecular complexity index is 448. The van der Waals surface area contributed by atoms with Crippen LogP contribution in [0.25, 0.3) is 0 Å². The van der Waals surface area contributed by atoms with E-state index in [1.807, 2.05) is 6.92 Å². The summed E-state index contributed by atoms with van der Waals surface area (Å²) in [5.74, 6) is 0.969. The second kappa shape index (κ2) is 10.6. The summed E-state index contributed by atoms with van der Waals surface area (Å²) >= 11 is 0. The normalized spacial score (nSPS) is 15.7. The van der Waals surface area contributed by atoms with E-state index in [4.69, 9.17) is 14.2 Å². The molecule has 0 amide bonds. The van der Waals surface area contributed by atoms with E-state index in [2.05, 4.69) is 28.4 Å². The van der Waals surface area contributed by atoms with E-state index in [1.165, 1.54) is 11.1 Å². The fourth-order valence-electron chi connectivity index (χ4n) is 2.74. The minimum Gasteiger partial charge on any atom is -0.496 e. The van der Waals surface area contributed by atoms with E-state index in [9.17, 15) is 0 Å². The Morgan fingerprint density at radius 1 is 1.26 bits per heavy atom. The van der Waals surface area contributed by atoms with Crippen LogP contribution in [0, 0.1) is 0 Å². The molecule has 5 nitrogen and oxygen atoms in total. The highest BCUT2D eigenvalue weighted by molar-refractivity contribution is 5.37. The molecule has 130 valence electrons. The van der Waals surface area contributed by atoms with Crippen molar-refractivity contribution in [2.24, 2.45) is 0 Å². The number of methoxy groups -OCH3 is 1. The lowest BCUT2D eigenvalue weighted by molar-refractivity contribution is 0.0339. The number of nitrogens with zero attached hydrogens (tertiary/aromatic N) is 1. The third-order valence-corrected chi connectivity index (χ3v) is 4.02. The maximum atomic E-state index is 5.52. The first-order valence-corrected chi connectivity index (χ1v) is 8.58. The largest absolute Gasteiger partial charge is 0.496 e. The summed E-state index contributed by atoms with van der Waals surface area (Å²) in [4.78, 5) is 2.42. The molecule has 1 aromatic carbocycles. The van der Waals surface area contributed by atoms with Crippen LogP contribution in [0.4, 0.5) is 0 Å². The quantitative estimate of drug-likeness (QED) is 0.668. The first-order valence-electron chi connectivity index (χ1n) is 8.58. The Hall–Kier alpha value is -1.14. The smallest absolute Gasteiger partial charge is 0.123 e. The second-order valence-corrected chi connectivity index (χ2v) is 5.76. The number of benzene rings is 1. The minimum atomic E-state index is 0.795. The van der Waals surface area contributed by atoms with Gasteiger partial charge in [0.15, 0.2) is 0 Å². The van der Waals surface area contributed by atoms with Gasteiger partial charge in [-0.1, -0.05) is 6.07 Å². The molecule has 0 aromatic heterocycles. The molecule has 1 heterocycles. The van der Waals surface area contributed by atoms with Crippen molar-refractivity contribution in [3.8, 4) is 5.75 Å². The predicted octanol–water partition coefficient (Wildman–Crippen LogP) is 2.04. The molecule has 1 N–H and O–H groups in total. The molecule has 2 rings (SSSR count). The summed E-state index contributed by atoms with van der Waals surface area (Å²) in [6, 6.07) is 6.47. The van der Waals surface area contributed by atoms with E-state index in [1.54, 1.807) is 7.11 Å². The molecule has 0 atom stereocenters. The highest BCUT2D eigenvalue weighted by Crippen LogP contribution is 2.22. The zero-order valence-corrected chi connectivity index (χ0v) is 14.5. The van der Waals surface area contributed by atoms with Gasteiger partial charge in [-0.25, -0.2) is 0 Å². The Kier molecular flexibility index (Phi) is 8.39. The molecule has 1 saturated heterocycles. The van der Waals surface area contributed by atoms with Gasteiger partial charge >= 0.3 is 0 Å². The lowest BCUT2D eigenvalue weighted by Crippen LogP contribution is -2.35. The zero-order chi connectivity index (χ0) is 16.3. The van der Waals surface area contributed by atoms with Crippen LogP contribution in [0.5, 0.6) is 5.75 Å². The summed E-state index contributed by atoms with van der Waals surface area (Å²) in [5, 5.41) is 3.47. The van der Waals surface area contributed by atoms with Crippen LogP contribution in [0.3, 0.4) is 0 Å². The number of hydrogen-bond donors (Lipinski definition) is 1. The van der Waals surface area contributed by atoms with Crippen LogP contribution in [0.2, 0.25) is 0 Å². The lowest BCUT2D eigenvalue weighted by Gasteiger charge is -2.27. The van der Waals surface area contributed by atoms with E-state index in [0.29, 0.717) is 0 Å². The van der Waals surface area contributed by atoms with Crippen LogP contribution in [0.1, 0.15) is 24.5 Å². The standard InChI is InChI=1S/C18H30N2O3/c1-3-22-10-4-7-19-14-16-5-6-18(21-2)17(13-16)15-20-8-11-23-12-9-20/h5-6,13,19H,3-4,7-12,14-15H2,1-2H3. The molecule has 0 radical (unpaired) electrons. The molecule has 1 aliphatic rings. The van der Waals surface area contributed by atoms with Gasteiger partial charge in [-0.2, -0.15) is 0 Å². The van der Waals surface area contributed by atoms with Crippen molar-refractivity contribution in [3.05, 3.63) is 29.3 Å². The van der Waals surface area contributed by atoms with Gasteiger partial charge in [0.1, 0.15) is 5.75 Å². The third kappa shape index (κ3) is 6.47. The summed E-state index contributed by atoms with van der Waals surface area (Å²) in [7, 11) is 1.74. The third-order valence-electron chi connectivity index (χ3n) is 4.02. The fraction of sp³-hybridized carbons (Fsp3) is 0.667. The first-order chi connectivity index (χ1) is 11.3. The van der Waals surface area contributed by atoms with Crippen molar-refractivity contribution < 1.29 is 14.2 Å². The Morgan fingerprint density at radius 3 is 2.83 bits per heavy atom. The van der Waals surface area contributed by atoms with Gasteiger partial charge in [0.25, 0.3) is 0 Å². The molecule has 0 spiro atoms. The Balaban J connectivity index is 1.84. The Labute approximate surface area is 139 Å². The topological polar surface area (TPSA) is 43.0 Å². The average molecular weight is 322 g/mol. The fourth-order valence-corrected chi connectivity index (χ4v) is 2.74. The molecule has 1 aliphatic heterocycles. The van der Waals surface area contributed by atoms with Crippen LogP contribution in [-0.4, -0.2) is 58.1 Å². The highest BCUT2D eigenvalue weighted by Gasteiger charge is 2.13. The summed E-state index contributed by atoms with van der Waals surface area (Å²) in [6.45, 7) is 10.1. The SMILES string of the molecule is CCOCCCNCc1ccc(OC)c(CN2CCOCC2)c1. The van der Waals surface area contributed by atoms with Crippen molar-refractivity contribution in [2.45, 2.75) is 26.4 Å². The monoisotopic (exact) mass is 322 g/mol. The summed E-state index contributed by atoms with van der Waals surface area (Å²) in [6.07, 6.45) is 1.05. The van der Waals surface area contributed by atoms with Gasteiger partial charge in [0, 0.05) is 45.0 Å². The van der Waals surface area contributed by atoms with Gasteiger partial charge in [-0.3, -0.25) is 4.90 Å². The van der Waals surface area contributed by atoms with Gasteiger partial charge in [-0.15, -0.1) is 0 Å². The number of hydrogen-bond acceptors (Lipinski definition) is 5. The first kappa shape index (κ1) is 18.2. The second-order valence-electron chi connectivity index (χ2n) is 5.76. The highest BCUT2D eigenvalue weighted by atomic mass is 16.5. The zero-order valence-electron chi connectivity index (χ0n) is 14.5. The maximum Gasteiger partial charge on any atom is 0.123 e. The van der Waals surface area contributed by atoms with Gasteiger partial charge in [0.05, 0.1) is 20.3 Å². The molecular weight excluding hydrogens is 292 g/mol. The summed E-state index contributed by atoms with van der Waals surface area (Å²) < 4.78 is 16.3. The van der Waals surface area contributed by atoms with Crippen molar-refractivity contribution in [1.29, 1.82) is 0 Å². The van der Waals surface area contributed by atoms with Crippen LogP contribution < -0.4 is 10.1 Å². The van der Waals surface area contributed by atoms with Crippen LogP contribution in [0.15, 0.2) is 18.2 Å². The number of ether oxygens (including phenoxy) is 3. The molecule has 23 heavy (non-hydrogen) atoms. The van der Waals surface area contributed by atoms with E-state index in [0.717, 1.165) is 71.3 Å². The predicted molar refractivity (Wildman–Crippen MR) is 91.9 cm³/mol. The van der Waals surface area contributed by atoms with E-state index >= 15 is 0 Å². The average Bonchev–Trinajstić information content (AvgIpc) is 2.59. The van der Waals surface area contributed by atoms with Gasteiger partial charge in [0.2, 0.25) is 0 Å². The van der Waals surface area contributed by atoms with Crippen molar-refractivity contribution >= 4 is 0 Å². The number of morpholine rings is 1. The van der Waals surface area contributed by atoms with Crippen molar-refractivity contribution in [2.75, 3.05) is 53.2 Å². The van der Waals surface area contributed by atoms with E-state index < -0.39 is 0 Å². The van der Waals surface area contributed by atoms with Crippen LogP contribution >= 0.6 is 0 Å². The van der Waals surface area contributed by atoms with Crippen LogP contribution in [-0.2, 0) is 22.6 Å². The molecule has 1 fully saturated rings. The van der Waals surface area contributed by atoms with Gasteiger partial charge in [-0.05, 0) is 37.6 Å². The number of rotatable bonds is 10. The molecule has 0 unspecified atom stereocenters.